The minimum Gasteiger partial charge on any atom is -0.508 e. The quantitative estimate of drug-likeness (QED) is 0.314. The summed E-state index contributed by atoms with van der Waals surface area (Å²) in [5.74, 6) is -0.545. The molecule has 6 nitrogen and oxygen atoms in total. The first-order valence-electron chi connectivity index (χ1n) is 10.2. The SMILES string of the molecule is Cc1ccc(NC(=O)c2ccsc2)cc1-c1ccc(C(=O)NCc2cc(O)cc(O)c2)cc1. The second-order valence-electron chi connectivity index (χ2n) is 7.61. The van der Waals surface area contributed by atoms with Crippen molar-refractivity contribution in [2.45, 2.75) is 13.5 Å². The lowest BCUT2D eigenvalue weighted by Crippen LogP contribution is -2.22. The number of phenols is 2. The highest BCUT2D eigenvalue weighted by Crippen LogP contribution is 2.27. The molecule has 0 aliphatic heterocycles. The number of anilines is 1. The van der Waals surface area contributed by atoms with E-state index in [2.05, 4.69) is 10.6 Å². The van der Waals surface area contributed by atoms with E-state index in [0.717, 1.165) is 16.7 Å². The van der Waals surface area contributed by atoms with Crippen molar-refractivity contribution in [1.29, 1.82) is 0 Å². The molecular formula is C26H22N2O4S. The fraction of sp³-hybridized carbons (Fsp3) is 0.0769. The molecule has 0 aliphatic carbocycles. The van der Waals surface area contributed by atoms with Gasteiger partial charge in [-0.1, -0.05) is 18.2 Å². The molecule has 7 heteroatoms. The van der Waals surface area contributed by atoms with Crippen molar-refractivity contribution < 1.29 is 19.8 Å². The number of aromatic hydroxyl groups is 2. The molecule has 0 saturated heterocycles. The molecular weight excluding hydrogens is 436 g/mol. The molecule has 0 saturated carbocycles. The summed E-state index contributed by atoms with van der Waals surface area (Å²) < 4.78 is 0. The fourth-order valence-electron chi connectivity index (χ4n) is 3.45. The van der Waals surface area contributed by atoms with Crippen LogP contribution in [-0.4, -0.2) is 22.0 Å². The van der Waals surface area contributed by atoms with Gasteiger partial charge in [0.2, 0.25) is 0 Å². The van der Waals surface area contributed by atoms with E-state index in [1.165, 1.54) is 29.5 Å². The number of thiophene rings is 1. The van der Waals surface area contributed by atoms with Crippen molar-refractivity contribution in [1.82, 2.24) is 5.32 Å². The third kappa shape index (κ3) is 5.39. The van der Waals surface area contributed by atoms with Crippen molar-refractivity contribution in [3.63, 3.8) is 0 Å². The molecule has 33 heavy (non-hydrogen) atoms. The van der Waals surface area contributed by atoms with E-state index in [0.29, 0.717) is 22.4 Å². The molecule has 3 aromatic carbocycles. The molecule has 0 radical (unpaired) electrons. The molecule has 1 aromatic heterocycles. The highest BCUT2D eigenvalue weighted by Gasteiger charge is 2.11. The zero-order chi connectivity index (χ0) is 23.4. The smallest absolute Gasteiger partial charge is 0.256 e. The van der Waals surface area contributed by atoms with E-state index in [1.807, 2.05) is 42.6 Å². The Morgan fingerprint density at radius 3 is 2.24 bits per heavy atom. The van der Waals surface area contributed by atoms with Gasteiger partial charge in [-0.15, -0.1) is 0 Å². The number of aryl methyl sites for hydroxylation is 1. The average molecular weight is 459 g/mol. The maximum atomic E-state index is 12.5. The van der Waals surface area contributed by atoms with Crippen LogP contribution in [0.15, 0.2) is 77.5 Å². The summed E-state index contributed by atoms with van der Waals surface area (Å²) in [6, 6.07) is 18.9. The van der Waals surface area contributed by atoms with Crippen LogP contribution in [0, 0.1) is 6.92 Å². The second-order valence-corrected chi connectivity index (χ2v) is 8.39. The molecule has 0 bridgehead atoms. The predicted molar refractivity (Wildman–Crippen MR) is 130 cm³/mol. The van der Waals surface area contributed by atoms with Crippen LogP contribution in [0.25, 0.3) is 11.1 Å². The summed E-state index contributed by atoms with van der Waals surface area (Å²) in [6.45, 7) is 2.17. The lowest BCUT2D eigenvalue weighted by Gasteiger charge is -2.11. The van der Waals surface area contributed by atoms with E-state index in [-0.39, 0.29) is 29.9 Å². The van der Waals surface area contributed by atoms with Crippen molar-refractivity contribution in [2.75, 3.05) is 5.32 Å². The number of nitrogens with one attached hydrogen (secondary N) is 2. The van der Waals surface area contributed by atoms with Gasteiger partial charge in [-0.25, -0.2) is 0 Å². The lowest BCUT2D eigenvalue weighted by atomic mass is 9.98. The third-order valence-electron chi connectivity index (χ3n) is 5.15. The molecule has 166 valence electrons. The van der Waals surface area contributed by atoms with Crippen LogP contribution in [0.5, 0.6) is 11.5 Å². The van der Waals surface area contributed by atoms with E-state index < -0.39 is 0 Å². The van der Waals surface area contributed by atoms with Crippen LogP contribution in [-0.2, 0) is 6.54 Å². The molecule has 2 amide bonds. The lowest BCUT2D eigenvalue weighted by molar-refractivity contribution is 0.0950. The van der Waals surface area contributed by atoms with E-state index in [1.54, 1.807) is 23.6 Å². The first-order valence-corrected chi connectivity index (χ1v) is 11.2. The van der Waals surface area contributed by atoms with Gasteiger partial charge in [-0.3, -0.25) is 9.59 Å². The number of benzene rings is 3. The normalized spacial score (nSPS) is 10.6. The van der Waals surface area contributed by atoms with Gasteiger partial charge in [0.15, 0.2) is 0 Å². The van der Waals surface area contributed by atoms with Crippen LogP contribution < -0.4 is 10.6 Å². The number of carbonyl (C=O) groups excluding carboxylic acids is 2. The Morgan fingerprint density at radius 1 is 0.848 bits per heavy atom. The van der Waals surface area contributed by atoms with E-state index in [4.69, 9.17) is 0 Å². The summed E-state index contributed by atoms with van der Waals surface area (Å²) in [6.07, 6.45) is 0. The Hall–Kier alpha value is -4.10. The summed E-state index contributed by atoms with van der Waals surface area (Å²) in [7, 11) is 0. The molecule has 0 fully saturated rings. The van der Waals surface area contributed by atoms with Gasteiger partial charge in [-0.2, -0.15) is 11.3 Å². The number of amides is 2. The van der Waals surface area contributed by atoms with Gasteiger partial charge in [0, 0.05) is 29.2 Å². The molecule has 4 aromatic rings. The summed E-state index contributed by atoms with van der Waals surface area (Å²) in [5.41, 5.74) is 5.33. The third-order valence-corrected chi connectivity index (χ3v) is 5.84. The summed E-state index contributed by atoms with van der Waals surface area (Å²) in [4.78, 5) is 24.9. The molecule has 0 spiro atoms. The zero-order valence-electron chi connectivity index (χ0n) is 17.8. The standard InChI is InChI=1S/C26H22N2O4S/c1-16-2-7-21(28-26(32)20-8-9-33-15-20)12-24(16)18-3-5-19(6-4-18)25(31)27-14-17-10-22(29)13-23(30)11-17/h2-13,15,29-30H,14H2,1H3,(H,27,31)(H,28,32). The monoisotopic (exact) mass is 458 g/mol. The molecule has 4 N–H and O–H groups in total. The Kier molecular flexibility index (Phi) is 6.42. The molecule has 0 aliphatic rings. The van der Waals surface area contributed by atoms with Gasteiger partial charge in [-0.05, 0) is 77.0 Å². The maximum absolute atomic E-state index is 12.5. The van der Waals surface area contributed by atoms with Gasteiger partial charge in [0.05, 0.1) is 5.56 Å². The molecule has 1 heterocycles. The summed E-state index contributed by atoms with van der Waals surface area (Å²) in [5, 5.41) is 28.5. The number of rotatable bonds is 6. The molecule has 0 atom stereocenters. The Bertz CT molecular complexity index is 1280. The fourth-order valence-corrected chi connectivity index (χ4v) is 4.09. The van der Waals surface area contributed by atoms with Crippen LogP contribution in [0.2, 0.25) is 0 Å². The van der Waals surface area contributed by atoms with E-state index in [9.17, 15) is 19.8 Å². The van der Waals surface area contributed by atoms with Crippen molar-refractivity contribution >= 4 is 28.8 Å². The van der Waals surface area contributed by atoms with Gasteiger partial charge < -0.3 is 20.8 Å². The highest BCUT2D eigenvalue weighted by molar-refractivity contribution is 7.08. The topological polar surface area (TPSA) is 98.7 Å². The zero-order valence-corrected chi connectivity index (χ0v) is 18.6. The van der Waals surface area contributed by atoms with Crippen LogP contribution in [0.4, 0.5) is 5.69 Å². The van der Waals surface area contributed by atoms with Crippen LogP contribution in [0.3, 0.4) is 0 Å². The Balaban J connectivity index is 1.46. The number of carbonyl (C=O) groups is 2. The van der Waals surface area contributed by atoms with Crippen molar-refractivity contribution in [3.05, 3.63) is 99.7 Å². The minimum atomic E-state index is -0.266. The molecule has 0 unspecified atom stereocenters. The summed E-state index contributed by atoms with van der Waals surface area (Å²) >= 11 is 1.47. The Labute approximate surface area is 195 Å². The maximum Gasteiger partial charge on any atom is 0.256 e. The largest absolute Gasteiger partial charge is 0.508 e. The van der Waals surface area contributed by atoms with Gasteiger partial charge in [0.25, 0.3) is 11.8 Å². The Morgan fingerprint density at radius 2 is 1.58 bits per heavy atom. The van der Waals surface area contributed by atoms with Crippen molar-refractivity contribution in [2.24, 2.45) is 0 Å². The first kappa shape index (κ1) is 22.1. The van der Waals surface area contributed by atoms with Crippen molar-refractivity contribution in [3.8, 4) is 22.6 Å². The highest BCUT2D eigenvalue weighted by atomic mass is 32.1. The first-order chi connectivity index (χ1) is 15.9. The van der Waals surface area contributed by atoms with Crippen LogP contribution >= 0.6 is 11.3 Å². The van der Waals surface area contributed by atoms with E-state index >= 15 is 0 Å². The number of hydrogen-bond acceptors (Lipinski definition) is 5. The van der Waals surface area contributed by atoms with Crippen LogP contribution in [0.1, 0.15) is 31.8 Å². The predicted octanol–water partition coefficient (Wildman–Crippen LogP) is 5.32. The number of phenolic OH excluding ortho intramolecular Hbond substituents is 2. The minimum absolute atomic E-state index is 0.0623. The molecule has 4 rings (SSSR count). The van der Waals surface area contributed by atoms with Gasteiger partial charge >= 0.3 is 0 Å². The number of hydrogen-bond donors (Lipinski definition) is 4. The second kappa shape index (κ2) is 9.58. The average Bonchev–Trinajstić information content (AvgIpc) is 3.33. The van der Waals surface area contributed by atoms with Gasteiger partial charge in [0.1, 0.15) is 11.5 Å².